The highest BCUT2D eigenvalue weighted by atomic mass is 79.9. The van der Waals surface area contributed by atoms with Crippen LogP contribution < -0.4 is 4.74 Å². The number of rotatable bonds is 1. The maximum atomic E-state index is 11.6. The molecule has 0 aliphatic heterocycles. The lowest BCUT2D eigenvalue weighted by molar-refractivity contribution is 0.0975. The average Bonchev–Trinajstić information content (AvgIpc) is 2.16. The van der Waals surface area contributed by atoms with Crippen LogP contribution in [0.3, 0.4) is 0 Å². The van der Waals surface area contributed by atoms with Crippen LogP contribution in [0.25, 0.3) is 0 Å². The molecule has 0 fully saturated rings. The molecule has 1 aromatic rings. The molecule has 0 amide bonds. The van der Waals surface area contributed by atoms with E-state index in [1.807, 2.05) is 18.2 Å². The fraction of sp³-hybridized carbons (Fsp3) is 0.364. The summed E-state index contributed by atoms with van der Waals surface area (Å²) in [6, 6.07) is 5.64. The summed E-state index contributed by atoms with van der Waals surface area (Å²) in [6.07, 6.45) is 1.50. The molecule has 74 valence electrons. The predicted octanol–water partition coefficient (Wildman–Crippen LogP) is 2.59. The summed E-state index contributed by atoms with van der Waals surface area (Å²) in [7, 11) is 1.64. The number of benzene rings is 1. The van der Waals surface area contributed by atoms with E-state index in [-0.39, 0.29) is 10.6 Å². The van der Waals surface area contributed by atoms with E-state index in [0.717, 1.165) is 23.3 Å². The molecule has 0 N–H and O–H groups in total. The Morgan fingerprint density at radius 1 is 1.43 bits per heavy atom. The first kappa shape index (κ1) is 9.71. The van der Waals surface area contributed by atoms with Gasteiger partial charge in [0.1, 0.15) is 5.75 Å². The Balaban J connectivity index is 2.44. The summed E-state index contributed by atoms with van der Waals surface area (Å²) in [6.45, 7) is 0. The van der Waals surface area contributed by atoms with Gasteiger partial charge in [-0.05, 0) is 30.2 Å². The normalized spacial score (nSPS) is 20.4. The van der Waals surface area contributed by atoms with Gasteiger partial charge in [-0.1, -0.05) is 15.9 Å². The molecule has 0 radical (unpaired) electrons. The number of methoxy groups -OCH3 is 1. The number of ketones is 1. The van der Waals surface area contributed by atoms with Gasteiger partial charge in [-0.2, -0.15) is 0 Å². The van der Waals surface area contributed by atoms with Crippen LogP contribution in [-0.2, 0) is 6.42 Å². The highest BCUT2D eigenvalue weighted by Crippen LogP contribution is 2.28. The zero-order valence-corrected chi connectivity index (χ0v) is 9.50. The van der Waals surface area contributed by atoms with E-state index in [4.69, 9.17) is 4.74 Å². The zero-order chi connectivity index (χ0) is 10.1. The maximum absolute atomic E-state index is 11.6. The van der Waals surface area contributed by atoms with Crippen molar-refractivity contribution in [3.05, 3.63) is 29.3 Å². The number of Topliss-reactive ketones (excluding diaryl/α,β-unsaturated/α-hetero) is 1. The van der Waals surface area contributed by atoms with E-state index in [2.05, 4.69) is 15.9 Å². The van der Waals surface area contributed by atoms with Crippen LogP contribution in [0.4, 0.5) is 0 Å². The Bertz CT molecular complexity index is 374. The molecule has 14 heavy (non-hydrogen) atoms. The minimum atomic E-state index is 0.218. The Hall–Kier alpha value is -0.830. The summed E-state index contributed by atoms with van der Waals surface area (Å²) >= 11 is 3.48. The highest BCUT2D eigenvalue weighted by Gasteiger charge is 2.23. The summed E-state index contributed by atoms with van der Waals surface area (Å²) < 4.78 is 5.12. The maximum Gasteiger partial charge on any atom is 0.164 e. The molecule has 2 rings (SSSR count). The smallest absolute Gasteiger partial charge is 0.164 e. The van der Waals surface area contributed by atoms with Gasteiger partial charge in [0.05, 0.1) is 7.11 Å². The minimum Gasteiger partial charge on any atom is -0.497 e. The van der Waals surface area contributed by atoms with Crippen LogP contribution in [0.1, 0.15) is 22.3 Å². The largest absolute Gasteiger partial charge is 0.497 e. The van der Waals surface area contributed by atoms with Crippen LogP contribution in [0, 0.1) is 0 Å². The topological polar surface area (TPSA) is 26.3 Å². The van der Waals surface area contributed by atoms with E-state index in [0.29, 0.717) is 6.42 Å². The monoisotopic (exact) mass is 254 g/mol. The molecule has 1 aliphatic rings. The zero-order valence-electron chi connectivity index (χ0n) is 7.92. The van der Waals surface area contributed by atoms with E-state index in [1.54, 1.807) is 7.11 Å². The lowest BCUT2D eigenvalue weighted by atomic mass is 9.90. The van der Waals surface area contributed by atoms with Crippen molar-refractivity contribution in [2.45, 2.75) is 17.7 Å². The van der Waals surface area contributed by atoms with Gasteiger partial charge in [0.25, 0.3) is 0 Å². The Labute approximate surface area is 91.4 Å². The average molecular weight is 255 g/mol. The number of fused-ring (bicyclic) bond motifs is 1. The summed E-state index contributed by atoms with van der Waals surface area (Å²) in [5.41, 5.74) is 1.93. The second kappa shape index (κ2) is 3.73. The minimum absolute atomic E-state index is 0.218. The molecule has 0 bridgehead atoms. The van der Waals surface area contributed by atoms with Crippen molar-refractivity contribution in [3.8, 4) is 5.75 Å². The van der Waals surface area contributed by atoms with Gasteiger partial charge < -0.3 is 4.74 Å². The lowest BCUT2D eigenvalue weighted by Crippen LogP contribution is -2.19. The molecular weight excluding hydrogens is 244 g/mol. The van der Waals surface area contributed by atoms with Crippen molar-refractivity contribution >= 4 is 21.7 Å². The predicted molar refractivity (Wildman–Crippen MR) is 58.4 cm³/mol. The quantitative estimate of drug-likeness (QED) is 0.721. The molecule has 1 aromatic carbocycles. The number of ether oxygens (including phenoxy) is 1. The van der Waals surface area contributed by atoms with Gasteiger partial charge in [0.2, 0.25) is 0 Å². The summed E-state index contributed by atoms with van der Waals surface area (Å²) in [4.78, 5) is 11.9. The van der Waals surface area contributed by atoms with Crippen molar-refractivity contribution in [2.75, 3.05) is 7.11 Å². The molecule has 0 aromatic heterocycles. The van der Waals surface area contributed by atoms with Crippen molar-refractivity contribution in [1.29, 1.82) is 0 Å². The van der Waals surface area contributed by atoms with Gasteiger partial charge in [-0.25, -0.2) is 0 Å². The molecule has 0 saturated heterocycles. The summed E-state index contributed by atoms with van der Waals surface area (Å²) in [5.74, 6) is 1.04. The van der Waals surface area contributed by atoms with Crippen LogP contribution in [0.5, 0.6) is 5.75 Å². The van der Waals surface area contributed by atoms with E-state index >= 15 is 0 Å². The summed E-state index contributed by atoms with van der Waals surface area (Å²) in [5, 5.41) is 0. The molecule has 1 unspecified atom stereocenters. The third kappa shape index (κ3) is 1.69. The standard InChI is InChI=1S/C11H11BrO2/c1-14-9-2-3-10-7(5-9)4-8(12)6-11(10)13/h2-3,5,8H,4,6H2,1H3. The molecule has 1 atom stereocenters. The fourth-order valence-corrected chi connectivity index (χ4v) is 2.40. The first-order valence-electron chi connectivity index (χ1n) is 4.55. The van der Waals surface area contributed by atoms with Gasteiger partial charge >= 0.3 is 0 Å². The molecule has 0 saturated carbocycles. The SMILES string of the molecule is COc1ccc2c(c1)CC(Br)CC2=O. The van der Waals surface area contributed by atoms with Gasteiger partial charge in [0.15, 0.2) is 5.78 Å². The van der Waals surface area contributed by atoms with Crippen LogP contribution in [-0.4, -0.2) is 17.7 Å². The van der Waals surface area contributed by atoms with Gasteiger partial charge in [-0.15, -0.1) is 0 Å². The van der Waals surface area contributed by atoms with Crippen molar-refractivity contribution in [1.82, 2.24) is 0 Å². The number of halogens is 1. The van der Waals surface area contributed by atoms with Gasteiger partial charge in [0, 0.05) is 16.8 Å². The number of hydrogen-bond donors (Lipinski definition) is 0. The highest BCUT2D eigenvalue weighted by molar-refractivity contribution is 9.09. The molecule has 3 heteroatoms. The third-order valence-electron chi connectivity index (χ3n) is 2.46. The first-order valence-corrected chi connectivity index (χ1v) is 5.46. The fourth-order valence-electron chi connectivity index (χ4n) is 1.76. The molecule has 2 nitrogen and oxygen atoms in total. The third-order valence-corrected chi connectivity index (χ3v) is 3.11. The number of hydrogen-bond acceptors (Lipinski definition) is 2. The molecule has 1 aliphatic carbocycles. The van der Waals surface area contributed by atoms with Crippen molar-refractivity contribution in [3.63, 3.8) is 0 Å². The van der Waals surface area contributed by atoms with Crippen LogP contribution in [0.2, 0.25) is 0 Å². The lowest BCUT2D eigenvalue weighted by Gasteiger charge is -2.19. The Kier molecular flexibility index (Phi) is 2.59. The van der Waals surface area contributed by atoms with Crippen LogP contribution in [0.15, 0.2) is 18.2 Å². The van der Waals surface area contributed by atoms with E-state index in [1.165, 1.54) is 0 Å². The van der Waals surface area contributed by atoms with E-state index in [9.17, 15) is 4.79 Å². The second-order valence-electron chi connectivity index (χ2n) is 3.45. The molecule has 0 spiro atoms. The van der Waals surface area contributed by atoms with E-state index < -0.39 is 0 Å². The molecular formula is C11H11BrO2. The van der Waals surface area contributed by atoms with Crippen molar-refractivity contribution in [2.24, 2.45) is 0 Å². The number of carbonyl (C=O) groups excluding carboxylic acids is 1. The Morgan fingerprint density at radius 2 is 2.21 bits per heavy atom. The van der Waals surface area contributed by atoms with Crippen molar-refractivity contribution < 1.29 is 9.53 Å². The van der Waals surface area contributed by atoms with Crippen LogP contribution >= 0.6 is 15.9 Å². The second-order valence-corrected chi connectivity index (χ2v) is 4.75. The number of alkyl halides is 1. The van der Waals surface area contributed by atoms with Gasteiger partial charge in [-0.3, -0.25) is 4.79 Å². The first-order chi connectivity index (χ1) is 6.70. The number of carbonyl (C=O) groups is 1. The Morgan fingerprint density at radius 3 is 2.93 bits per heavy atom. The molecule has 0 heterocycles.